The summed E-state index contributed by atoms with van der Waals surface area (Å²) in [6, 6.07) is 20.0. The molecule has 1 unspecified atom stereocenters. The molecule has 1 fully saturated rings. The molecule has 0 spiro atoms. The van der Waals surface area contributed by atoms with Gasteiger partial charge in [-0.05, 0) is 71.8 Å². The summed E-state index contributed by atoms with van der Waals surface area (Å²) in [5, 5.41) is 5.48. The number of aromatic nitrogens is 2. The Labute approximate surface area is 199 Å². The third-order valence-corrected chi connectivity index (χ3v) is 6.46. The number of hydrogen-bond donors (Lipinski definition) is 1. The van der Waals surface area contributed by atoms with Gasteiger partial charge in [0.15, 0.2) is 0 Å². The molecular formula is C28H28N4O2. The first-order valence-corrected chi connectivity index (χ1v) is 11.7. The number of nitrogens with one attached hydrogen (secondary N) is 1. The van der Waals surface area contributed by atoms with E-state index in [1.165, 1.54) is 0 Å². The molecule has 34 heavy (non-hydrogen) atoms. The minimum Gasteiger partial charge on any atom is -0.497 e. The van der Waals surface area contributed by atoms with Gasteiger partial charge in [-0.3, -0.25) is 14.7 Å². The molecule has 172 valence electrons. The van der Waals surface area contributed by atoms with Crippen molar-refractivity contribution in [2.24, 2.45) is 5.92 Å². The normalized spacial score (nSPS) is 15.7. The summed E-state index contributed by atoms with van der Waals surface area (Å²) in [6.07, 6.45) is 7.34. The third-order valence-electron chi connectivity index (χ3n) is 6.46. The van der Waals surface area contributed by atoms with Crippen LogP contribution in [-0.2, 0) is 11.3 Å². The Morgan fingerprint density at radius 2 is 2.03 bits per heavy atom. The van der Waals surface area contributed by atoms with Gasteiger partial charge in [-0.1, -0.05) is 30.3 Å². The molecule has 1 N–H and O–H groups in total. The smallest absolute Gasteiger partial charge is 0.232 e. The first-order valence-electron chi connectivity index (χ1n) is 11.7. The topological polar surface area (TPSA) is 67.3 Å². The number of piperidine rings is 1. The average molecular weight is 453 g/mol. The molecule has 0 bridgehead atoms. The highest BCUT2D eigenvalue weighted by Gasteiger charge is 2.28. The molecular weight excluding hydrogens is 424 g/mol. The van der Waals surface area contributed by atoms with E-state index in [0.717, 1.165) is 52.6 Å². The standard InChI is InChI=1S/C28H28N4O2/c1-34-23-8-4-6-20(16-23)24-11-10-22(26-18-30-15-12-25(24)26)19-32(27-9-2-3-14-31-27)28(33)21-7-5-13-29-17-21/h2-4,6,8-12,14-16,18,21,29H,5,7,13,17,19H2,1H3. The van der Waals surface area contributed by atoms with Crippen LogP contribution in [0.3, 0.4) is 0 Å². The number of methoxy groups -OCH3 is 1. The van der Waals surface area contributed by atoms with Gasteiger partial charge < -0.3 is 10.1 Å². The van der Waals surface area contributed by atoms with Crippen molar-refractivity contribution in [3.05, 3.63) is 84.8 Å². The molecule has 0 aliphatic carbocycles. The number of anilines is 1. The Kier molecular flexibility index (Phi) is 6.49. The predicted molar refractivity (Wildman–Crippen MR) is 135 cm³/mol. The third kappa shape index (κ3) is 4.50. The lowest BCUT2D eigenvalue weighted by atomic mass is 9.95. The molecule has 2 aromatic heterocycles. The zero-order valence-corrected chi connectivity index (χ0v) is 19.3. The number of carbonyl (C=O) groups excluding carboxylic acids is 1. The number of benzene rings is 2. The molecule has 1 atom stereocenters. The van der Waals surface area contributed by atoms with Crippen LogP contribution in [0.5, 0.6) is 5.75 Å². The Morgan fingerprint density at radius 1 is 1.09 bits per heavy atom. The first-order chi connectivity index (χ1) is 16.7. The summed E-state index contributed by atoms with van der Waals surface area (Å²) in [7, 11) is 1.68. The van der Waals surface area contributed by atoms with Crippen molar-refractivity contribution >= 4 is 22.5 Å². The summed E-state index contributed by atoms with van der Waals surface area (Å²) < 4.78 is 5.43. The van der Waals surface area contributed by atoms with Crippen molar-refractivity contribution in [3.8, 4) is 16.9 Å². The SMILES string of the molecule is COc1cccc(-c2ccc(CN(C(=O)C3CCCNC3)c3ccccn3)c3cnccc23)c1. The maximum Gasteiger partial charge on any atom is 0.232 e. The molecule has 0 radical (unpaired) electrons. The molecule has 4 aromatic rings. The minimum absolute atomic E-state index is 0.0452. The predicted octanol–water partition coefficient (Wildman–Crippen LogP) is 4.84. The van der Waals surface area contributed by atoms with Crippen molar-refractivity contribution in [1.82, 2.24) is 15.3 Å². The van der Waals surface area contributed by atoms with Crippen molar-refractivity contribution < 1.29 is 9.53 Å². The fourth-order valence-corrected chi connectivity index (χ4v) is 4.67. The van der Waals surface area contributed by atoms with Gasteiger partial charge in [-0.15, -0.1) is 0 Å². The highest BCUT2D eigenvalue weighted by molar-refractivity contribution is 6.00. The van der Waals surface area contributed by atoms with Crippen LogP contribution in [0, 0.1) is 5.92 Å². The van der Waals surface area contributed by atoms with Gasteiger partial charge in [-0.2, -0.15) is 0 Å². The largest absolute Gasteiger partial charge is 0.497 e. The molecule has 5 rings (SSSR count). The summed E-state index contributed by atoms with van der Waals surface area (Å²) in [5.41, 5.74) is 3.22. The van der Waals surface area contributed by atoms with Crippen molar-refractivity contribution in [1.29, 1.82) is 0 Å². The molecule has 3 heterocycles. The van der Waals surface area contributed by atoms with Gasteiger partial charge in [0, 0.05) is 30.5 Å². The number of rotatable bonds is 6. The second-order valence-corrected chi connectivity index (χ2v) is 8.58. The summed E-state index contributed by atoms with van der Waals surface area (Å²) >= 11 is 0. The van der Waals surface area contributed by atoms with E-state index in [2.05, 4.69) is 33.5 Å². The number of ether oxygens (including phenoxy) is 1. The van der Waals surface area contributed by atoms with Crippen LogP contribution in [-0.4, -0.2) is 36.1 Å². The van der Waals surface area contributed by atoms with E-state index in [4.69, 9.17) is 4.74 Å². The molecule has 1 aliphatic rings. The summed E-state index contributed by atoms with van der Waals surface area (Å²) in [5.74, 6) is 1.56. The van der Waals surface area contributed by atoms with E-state index in [1.54, 1.807) is 13.3 Å². The molecule has 1 saturated heterocycles. The fraction of sp³-hybridized carbons (Fsp3) is 0.250. The Bertz CT molecular complexity index is 1290. The minimum atomic E-state index is -0.0452. The highest BCUT2D eigenvalue weighted by Crippen LogP contribution is 2.33. The van der Waals surface area contributed by atoms with Crippen LogP contribution < -0.4 is 15.0 Å². The zero-order chi connectivity index (χ0) is 23.3. The lowest BCUT2D eigenvalue weighted by Crippen LogP contribution is -2.43. The van der Waals surface area contributed by atoms with E-state index in [9.17, 15) is 4.79 Å². The van der Waals surface area contributed by atoms with Crippen LogP contribution in [0.1, 0.15) is 18.4 Å². The average Bonchev–Trinajstić information content (AvgIpc) is 2.92. The number of pyridine rings is 2. The number of carbonyl (C=O) groups is 1. The van der Waals surface area contributed by atoms with Gasteiger partial charge in [-0.25, -0.2) is 4.98 Å². The van der Waals surface area contributed by atoms with E-state index < -0.39 is 0 Å². The lowest BCUT2D eigenvalue weighted by Gasteiger charge is -2.29. The highest BCUT2D eigenvalue weighted by atomic mass is 16.5. The van der Waals surface area contributed by atoms with Gasteiger partial charge in [0.1, 0.15) is 11.6 Å². The number of hydrogen-bond acceptors (Lipinski definition) is 5. The number of amides is 1. The molecule has 1 amide bonds. The zero-order valence-electron chi connectivity index (χ0n) is 19.3. The molecule has 1 aliphatic heterocycles. The lowest BCUT2D eigenvalue weighted by molar-refractivity contribution is -0.123. The van der Waals surface area contributed by atoms with Crippen molar-refractivity contribution in [2.75, 3.05) is 25.1 Å². The van der Waals surface area contributed by atoms with Gasteiger partial charge in [0.05, 0.1) is 19.6 Å². The van der Waals surface area contributed by atoms with Crippen LogP contribution in [0.4, 0.5) is 5.82 Å². The summed E-state index contributed by atoms with van der Waals surface area (Å²) in [4.78, 5) is 24.4. The number of nitrogens with zero attached hydrogens (tertiary/aromatic N) is 3. The van der Waals surface area contributed by atoms with Gasteiger partial charge in [0.25, 0.3) is 0 Å². The van der Waals surface area contributed by atoms with Crippen molar-refractivity contribution in [3.63, 3.8) is 0 Å². The van der Waals surface area contributed by atoms with E-state index >= 15 is 0 Å². The first kappa shape index (κ1) is 22.0. The van der Waals surface area contributed by atoms with Crippen LogP contribution in [0.15, 0.2) is 79.3 Å². The molecule has 6 heteroatoms. The maximum absolute atomic E-state index is 13.6. The fourth-order valence-electron chi connectivity index (χ4n) is 4.67. The van der Waals surface area contributed by atoms with Crippen LogP contribution >= 0.6 is 0 Å². The molecule has 0 saturated carbocycles. The van der Waals surface area contributed by atoms with Crippen LogP contribution in [0.2, 0.25) is 0 Å². The van der Waals surface area contributed by atoms with Crippen molar-refractivity contribution in [2.45, 2.75) is 19.4 Å². The molecule has 6 nitrogen and oxygen atoms in total. The number of fused-ring (bicyclic) bond motifs is 1. The van der Waals surface area contributed by atoms with Gasteiger partial charge >= 0.3 is 0 Å². The van der Waals surface area contributed by atoms with E-state index in [1.807, 2.05) is 59.8 Å². The van der Waals surface area contributed by atoms with Crippen LogP contribution in [0.25, 0.3) is 21.9 Å². The monoisotopic (exact) mass is 452 g/mol. The summed E-state index contributed by atoms with van der Waals surface area (Å²) in [6.45, 7) is 2.11. The quantitative estimate of drug-likeness (QED) is 0.454. The second kappa shape index (κ2) is 10.0. The second-order valence-electron chi connectivity index (χ2n) is 8.58. The van der Waals surface area contributed by atoms with E-state index in [-0.39, 0.29) is 11.8 Å². The maximum atomic E-state index is 13.6. The Hall–Kier alpha value is -3.77. The Balaban J connectivity index is 1.55. The Morgan fingerprint density at radius 3 is 2.82 bits per heavy atom. The van der Waals surface area contributed by atoms with E-state index in [0.29, 0.717) is 18.9 Å². The molecule has 2 aromatic carbocycles. The van der Waals surface area contributed by atoms with Gasteiger partial charge in [0.2, 0.25) is 5.91 Å².